The molecule has 0 aromatic heterocycles. The summed E-state index contributed by atoms with van der Waals surface area (Å²) in [4.78, 5) is 12.7. The van der Waals surface area contributed by atoms with Crippen molar-refractivity contribution in [2.45, 2.75) is 79.4 Å². The number of anilines is 1. The first-order chi connectivity index (χ1) is 32.2. The second kappa shape index (κ2) is 26.3. The molecule has 2 aliphatic heterocycles. The molecule has 2 atom stereocenters. The van der Waals surface area contributed by atoms with E-state index in [0.717, 1.165) is 11.4 Å². The minimum Gasteiger partial charge on any atom is -0.481 e. The number of hydrogen-bond acceptors (Lipinski definition) is 14. The molecular formula is C46H67N2O17S3+. The van der Waals surface area contributed by atoms with Crippen LogP contribution < -0.4 is 4.90 Å². The maximum atomic E-state index is 12.4. The monoisotopic (exact) mass is 1020 g/mol. The van der Waals surface area contributed by atoms with Crippen LogP contribution in [0.4, 0.5) is 11.4 Å². The molecule has 2 unspecified atom stereocenters. The Bertz CT molecular complexity index is 2470. The average molecular weight is 1020 g/mol. The van der Waals surface area contributed by atoms with Crippen LogP contribution in [0.15, 0.2) is 82.3 Å². The van der Waals surface area contributed by atoms with Gasteiger partial charge in [-0.2, -0.15) is 29.8 Å². The molecular weight excluding hydrogens is 949 g/mol. The third-order valence-corrected chi connectivity index (χ3v) is 14.4. The molecule has 0 amide bonds. The van der Waals surface area contributed by atoms with Crippen LogP contribution in [-0.2, 0) is 74.4 Å². The van der Waals surface area contributed by atoms with Gasteiger partial charge in [0.05, 0.1) is 73.8 Å². The van der Waals surface area contributed by atoms with Crippen molar-refractivity contribution in [3.05, 3.63) is 83.6 Å². The van der Waals surface area contributed by atoms with Gasteiger partial charge in [0.25, 0.3) is 30.4 Å². The van der Waals surface area contributed by atoms with Crippen molar-refractivity contribution in [3.8, 4) is 0 Å². The molecule has 2 aromatic carbocycles. The zero-order chi connectivity index (χ0) is 50.0. The molecule has 0 saturated heterocycles. The second-order valence-electron chi connectivity index (χ2n) is 16.7. The van der Waals surface area contributed by atoms with Gasteiger partial charge in [-0.05, 0) is 81.5 Å². The highest BCUT2D eigenvalue weighted by Crippen LogP contribution is 2.51. The molecule has 380 valence electrons. The van der Waals surface area contributed by atoms with Crippen LogP contribution in [0.3, 0.4) is 0 Å². The molecule has 0 aliphatic carbocycles. The fourth-order valence-electron chi connectivity index (χ4n) is 8.36. The van der Waals surface area contributed by atoms with E-state index in [1.54, 1.807) is 38.5 Å². The number of methoxy groups -OCH3 is 2. The molecule has 0 fully saturated rings. The Morgan fingerprint density at radius 2 is 1.21 bits per heavy atom. The topological polar surface area (TPSA) is 262 Å². The number of carboxylic acids is 1. The number of carboxylic acid groups (broad SMARTS) is 1. The number of allylic oxidation sites excluding steroid dienone is 6. The third kappa shape index (κ3) is 16.3. The second-order valence-corrected chi connectivity index (χ2v) is 21.2. The van der Waals surface area contributed by atoms with Crippen LogP contribution in [0.1, 0.15) is 69.9 Å². The number of rotatable bonds is 33. The number of fused-ring (bicyclic) bond motifs is 2. The van der Waals surface area contributed by atoms with E-state index in [2.05, 4.69) is 4.90 Å². The van der Waals surface area contributed by atoms with Crippen molar-refractivity contribution in [1.29, 1.82) is 0 Å². The number of aliphatic carboxylic acids is 1. The van der Waals surface area contributed by atoms with Gasteiger partial charge >= 0.3 is 5.97 Å². The van der Waals surface area contributed by atoms with Gasteiger partial charge in [-0.3, -0.25) is 18.5 Å². The summed E-state index contributed by atoms with van der Waals surface area (Å²) in [7, 11) is -10.3. The van der Waals surface area contributed by atoms with E-state index in [9.17, 15) is 48.8 Å². The molecule has 4 N–H and O–H groups in total. The van der Waals surface area contributed by atoms with Crippen molar-refractivity contribution in [1.82, 2.24) is 0 Å². The molecule has 2 heterocycles. The Morgan fingerprint density at radius 1 is 0.662 bits per heavy atom. The lowest BCUT2D eigenvalue weighted by Gasteiger charge is -2.30. The highest BCUT2D eigenvalue weighted by atomic mass is 32.2. The van der Waals surface area contributed by atoms with Gasteiger partial charge in [0.1, 0.15) is 6.54 Å². The Hall–Kier alpha value is -3.91. The summed E-state index contributed by atoms with van der Waals surface area (Å²) in [5, 5.41) is 9.22. The highest BCUT2D eigenvalue weighted by molar-refractivity contribution is 7.86. The first kappa shape index (κ1) is 56.7. The number of carbonyl (C=O) groups is 1. The minimum absolute atomic E-state index is 0.0242. The molecule has 0 saturated carbocycles. The lowest BCUT2D eigenvalue weighted by atomic mass is 9.76. The van der Waals surface area contributed by atoms with Crippen molar-refractivity contribution in [3.63, 3.8) is 0 Å². The zero-order valence-corrected chi connectivity index (χ0v) is 41.7. The number of nitrogens with zero attached hydrogens (tertiary/aromatic N) is 2. The molecule has 2 aromatic rings. The van der Waals surface area contributed by atoms with Crippen molar-refractivity contribution >= 4 is 53.4 Å². The molecule has 19 nitrogen and oxygen atoms in total. The summed E-state index contributed by atoms with van der Waals surface area (Å²) >= 11 is 0. The summed E-state index contributed by atoms with van der Waals surface area (Å²) in [6.45, 7) is 7.83. The van der Waals surface area contributed by atoms with Gasteiger partial charge in [0, 0.05) is 81.3 Å². The Morgan fingerprint density at radius 3 is 1.76 bits per heavy atom. The summed E-state index contributed by atoms with van der Waals surface area (Å²) in [6, 6.07) is 8.69. The molecule has 22 heteroatoms. The van der Waals surface area contributed by atoms with Crippen LogP contribution in [-0.4, -0.2) is 159 Å². The predicted molar refractivity (Wildman–Crippen MR) is 254 cm³/mol. The van der Waals surface area contributed by atoms with Crippen molar-refractivity contribution in [2.24, 2.45) is 0 Å². The first-order valence-corrected chi connectivity index (χ1v) is 26.8. The SMILES string of the molecule is COCCOCCOCCC1(C)C(=CC=CC=CC2=[N+](CCCS(=O)(=O)O)c3ccc(S(=O)(=O)O)cc3C2(C)CCOCCOCCOC)N(CCCCCC(=O)O)c2ccc(S(=O)(=O)O)cc21. The first-order valence-electron chi connectivity index (χ1n) is 22.3. The lowest BCUT2D eigenvalue weighted by molar-refractivity contribution is -0.437. The maximum absolute atomic E-state index is 12.4. The standard InChI is InChI=1S/C46H66N2O17S3/c1-45(19-23-62-29-31-64-27-25-60-3)38-34-36(67(54,55)56)15-17-40(38)47(21-10-6-9-14-44(49)50)42(45)12-7-5-8-13-43-46(2,20-24-63-30-32-65-28-26-61-4)39-35-37(68(57,58)59)16-18-41(39)48(43)22-11-33-66(51,52)53/h5,7-8,12-13,15-18,34-35H,6,9-11,14,19-33H2,1-4H3,(H3-,49,50,51,52,53,54,55,56,57,58,59)/p+1. The number of benzene rings is 2. The molecule has 0 spiro atoms. The summed E-state index contributed by atoms with van der Waals surface area (Å²) in [6.07, 6.45) is 11.6. The van der Waals surface area contributed by atoms with E-state index in [0.29, 0.717) is 107 Å². The van der Waals surface area contributed by atoms with Crippen LogP contribution in [0, 0.1) is 0 Å². The Kier molecular flexibility index (Phi) is 22.0. The fraction of sp³-hybridized carbons (Fsp3) is 0.565. The third-order valence-electron chi connectivity index (χ3n) is 11.9. The van der Waals surface area contributed by atoms with E-state index in [-0.39, 0.29) is 49.0 Å². The largest absolute Gasteiger partial charge is 0.481 e. The zero-order valence-electron chi connectivity index (χ0n) is 39.2. The van der Waals surface area contributed by atoms with E-state index in [4.69, 9.17) is 28.4 Å². The summed E-state index contributed by atoms with van der Waals surface area (Å²) < 4.78 is 138. The fourth-order valence-corrected chi connectivity index (χ4v) is 9.87. The Labute approximate surface area is 400 Å². The van der Waals surface area contributed by atoms with Crippen molar-refractivity contribution in [2.75, 3.05) is 104 Å². The molecule has 4 rings (SSSR count). The van der Waals surface area contributed by atoms with Crippen LogP contribution in [0.5, 0.6) is 0 Å². The van der Waals surface area contributed by atoms with Gasteiger partial charge in [-0.15, -0.1) is 0 Å². The average Bonchev–Trinajstić information content (AvgIpc) is 3.63. The van der Waals surface area contributed by atoms with Gasteiger partial charge < -0.3 is 38.4 Å². The van der Waals surface area contributed by atoms with E-state index < -0.39 is 52.9 Å². The summed E-state index contributed by atoms with van der Waals surface area (Å²) in [5.41, 5.74) is 2.18. The number of hydrogen-bond donors (Lipinski definition) is 4. The lowest BCUT2D eigenvalue weighted by Crippen LogP contribution is -2.33. The molecule has 0 bridgehead atoms. The van der Waals surface area contributed by atoms with Crippen molar-refractivity contribution < 1.29 is 81.8 Å². The van der Waals surface area contributed by atoms with E-state index in [1.807, 2.05) is 36.7 Å². The van der Waals surface area contributed by atoms with Gasteiger partial charge in [-0.25, -0.2) is 0 Å². The predicted octanol–water partition coefficient (Wildman–Crippen LogP) is 5.37. The normalized spacial score (nSPS) is 19.3. The van der Waals surface area contributed by atoms with E-state index >= 15 is 0 Å². The highest BCUT2D eigenvalue weighted by Gasteiger charge is 2.48. The van der Waals surface area contributed by atoms with Crippen LogP contribution in [0.25, 0.3) is 0 Å². The number of unbranched alkanes of at least 4 members (excludes halogenated alkanes) is 2. The summed E-state index contributed by atoms with van der Waals surface area (Å²) in [5.74, 6) is -1.41. The molecule has 2 aliphatic rings. The van der Waals surface area contributed by atoms with E-state index in [1.165, 1.54) is 24.3 Å². The molecule has 0 radical (unpaired) electrons. The van der Waals surface area contributed by atoms with Gasteiger partial charge in [-0.1, -0.05) is 24.6 Å². The van der Waals surface area contributed by atoms with Crippen LogP contribution >= 0.6 is 0 Å². The maximum Gasteiger partial charge on any atom is 0.303 e. The van der Waals surface area contributed by atoms with Gasteiger partial charge in [0.15, 0.2) is 5.71 Å². The minimum atomic E-state index is -4.61. The molecule has 68 heavy (non-hydrogen) atoms. The van der Waals surface area contributed by atoms with Gasteiger partial charge in [0.2, 0.25) is 5.69 Å². The number of ether oxygens (including phenoxy) is 6. The van der Waals surface area contributed by atoms with Crippen LogP contribution in [0.2, 0.25) is 0 Å². The quantitative estimate of drug-likeness (QED) is 0.0303. The smallest absolute Gasteiger partial charge is 0.303 e. The Balaban J connectivity index is 1.76.